The minimum atomic E-state index is -4.96. The Kier molecular flexibility index (Phi) is 73.1. The fourth-order valence-corrected chi connectivity index (χ4v) is 14.4. The van der Waals surface area contributed by atoms with E-state index in [1.54, 1.807) is 0 Å². The maximum Gasteiger partial charge on any atom is 0.472 e. The van der Waals surface area contributed by atoms with E-state index >= 15 is 0 Å². The van der Waals surface area contributed by atoms with Crippen LogP contribution < -0.4 is 0 Å². The lowest BCUT2D eigenvalue weighted by atomic mass is 9.99. The van der Waals surface area contributed by atoms with Crippen molar-refractivity contribution in [2.45, 2.75) is 458 Å². The Bertz CT molecular complexity index is 1960. The van der Waals surface area contributed by atoms with Crippen LogP contribution in [-0.4, -0.2) is 96.7 Å². The normalized spacial score (nSPS) is 14.1. The van der Waals surface area contributed by atoms with Gasteiger partial charge in [-0.25, -0.2) is 9.13 Å². The quantitative estimate of drug-likeness (QED) is 0.0222. The molecule has 6 atom stereocenters. The van der Waals surface area contributed by atoms with Crippen molar-refractivity contribution < 1.29 is 80.2 Å². The molecule has 0 bridgehead atoms. The fourth-order valence-electron chi connectivity index (χ4n) is 12.9. The van der Waals surface area contributed by atoms with Gasteiger partial charge in [-0.2, -0.15) is 0 Å². The van der Waals surface area contributed by atoms with Crippen molar-refractivity contribution in [2.75, 3.05) is 39.6 Å². The summed E-state index contributed by atoms with van der Waals surface area (Å²) in [5.41, 5.74) is 0. The Hall–Kier alpha value is -1.94. The first-order chi connectivity index (χ1) is 49.4. The molecular weight excluding hydrogens is 1330 g/mol. The van der Waals surface area contributed by atoms with Crippen LogP contribution >= 0.6 is 15.6 Å². The Morgan fingerprint density at radius 1 is 0.284 bits per heavy atom. The van der Waals surface area contributed by atoms with E-state index in [-0.39, 0.29) is 25.7 Å². The van der Waals surface area contributed by atoms with E-state index < -0.39 is 97.5 Å². The van der Waals surface area contributed by atoms with Crippen molar-refractivity contribution in [3.8, 4) is 0 Å². The second kappa shape index (κ2) is 74.5. The summed E-state index contributed by atoms with van der Waals surface area (Å²) in [5, 5.41) is 10.6. The minimum Gasteiger partial charge on any atom is -0.462 e. The van der Waals surface area contributed by atoms with Gasteiger partial charge in [0.25, 0.3) is 0 Å². The molecule has 0 aliphatic rings. The first-order valence-corrected chi connectivity index (χ1v) is 46.0. The summed E-state index contributed by atoms with van der Waals surface area (Å²) >= 11 is 0. The third kappa shape index (κ3) is 74.9. The molecule has 3 N–H and O–H groups in total. The van der Waals surface area contributed by atoms with Crippen molar-refractivity contribution in [3.63, 3.8) is 0 Å². The molecule has 19 heteroatoms. The molecule has 17 nitrogen and oxygen atoms in total. The number of unbranched alkanes of at least 4 members (excludes halogenated alkanes) is 51. The number of ether oxygens (including phenoxy) is 4. The van der Waals surface area contributed by atoms with Crippen molar-refractivity contribution in [1.82, 2.24) is 0 Å². The maximum absolute atomic E-state index is 13.1. The van der Waals surface area contributed by atoms with Gasteiger partial charge in [-0.05, 0) is 37.5 Å². The summed E-state index contributed by atoms with van der Waals surface area (Å²) in [6.07, 6.45) is 65.4. The Morgan fingerprint density at radius 3 is 0.745 bits per heavy atom. The predicted molar refractivity (Wildman–Crippen MR) is 418 cm³/mol. The first-order valence-electron chi connectivity index (χ1n) is 43.0. The van der Waals surface area contributed by atoms with E-state index in [0.29, 0.717) is 25.7 Å². The van der Waals surface area contributed by atoms with E-state index in [2.05, 4.69) is 41.5 Å². The number of esters is 4. The molecule has 3 unspecified atom stereocenters. The molecule has 0 amide bonds. The number of hydrogen-bond donors (Lipinski definition) is 3. The zero-order chi connectivity index (χ0) is 74.9. The lowest BCUT2D eigenvalue weighted by molar-refractivity contribution is -0.161. The van der Waals surface area contributed by atoms with Gasteiger partial charge in [0.05, 0.1) is 26.4 Å². The molecule has 0 aromatic carbocycles. The Balaban J connectivity index is 5.19. The van der Waals surface area contributed by atoms with E-state index in [4.69, 9.17) is 37.0 Å². The summed E-state index contributed by atoms with van der Waals surface area (Å²) in [4.78, 5) is 73.0. The average molecular weight is 1490 g/mol. The van der Waals surface area contributed by atoms with Gasteiger partial charge in [0, 0.05) is 25.7 Å². The van der Waals surface area contributed by atoms with Crippen LogP contribution in [0.4, 0.5) is 0 Å². The summed E-state index contributed by atoms with van der Waals surface area (Å²) in [6.45, 7) is 9.66. The number of phosphoric ester groups is 2. The third-order valence-electron chi connectivity index (χ3n) is 19.8. The fraction of sp³-hybridized carbons (Fsp3) is 0.952. The van der Waals surface area contributed by atoms with Crippen molar-refractivity contribution in [1.29, 1.82) is 0 Å². The number of rotatable bonds is 82. The largest absolute Gasteiger partial charge is 0.472 e. The van der Waals surface area contributed by atoms with Gasteiger partial charge >= 0.3 is 39.5 Å². The van der Waals surface area contributed by atoms with Crippen LogP contribution in [0.1, 0.15) is 440 Å². The molecule has 0 fully saturated rings. The Labute approximate surface area is 626 Å². The lowest BCUT2D eigenvalue weighted by Crippen LogP contribution is -2.30. The van der Waals surface area contributed by atoms with Crippen LogP contribution in [0.25, 0.3) is 0 Å². The van der Waals surface area contributed by atoms with Gasteiger partial charge in [0.1, 0.15) is 19.3 Å². The van der Waals surface area contributed by atoms with Crippen LogP contribution in [0, 0.1) is 11.8 Å². The van der Waals surface area contributed by atoms with Crippen LogP contribution in [-0.2, 0) is 65.4 Å². The maximum atomic E-state index is 13.1. The molecule has 0 rings (SSSR count). The number of aliphatic hydroxyl groups is 1. The van der Waals surface area contributed by atoms with Gasteiger partial charge < -0.3 is 33.8 Å². The van der Waals surface area contributed by atoms with Gasteiger partial charge in [0.2, 0.25) is 0 Å². The van der Waals surface area contributed by atoms with Gasteiger partial charge in [0.15, 0.2) is 12.2 Å². The smallest absolute Gasteiger partial charge is 0.462 e. The molecule has 606 valence electrons. The number of carbonyl (C=O) groups is 4. The average Bonchev–Trinajstić information content (AvgIpc) is 0.934. The van der Waals surface area contributed by atoms with E-state index in [9.17, 15) is 43.2 Å². The third-order valence-corrected chi connectivity index (χ3v) is 21.7. The summed E-state index contributed by atoms with van der Waals surface area (Å²) in [6, 6.07) is 0. The van der Waals surface area contributed by atoms with Crippen LogP contribution in [0.5, 0.6) is 0 Å². The molecule has 0 spiro atoms. The monoisotopic (exact) mass is 1490 g/mol. The second-order valence-electron chi connectivity index (χ2n) is 30.6. The van der Waals surface area contributed by atoms with Gasteiger partial charge in [-0.3, -0.25) is 37.3 Å². The van der Waals surface area contributed by atoms with Crippen LogP contribution in [0.2, 0.25) is 0 Å². The highest BCUT2D eigenvalue weighted by atomic mass is 31.2. The van der Waals surface area contributed by atoms with Crippen LogP contribution in [0.15, 0.2) is 0 Å². The van der Waals surface area contributed by atoms with Crippen molar-refractivity contribution >= 4 is 39.5 Å². The standard InChI is InChI=1S/C83H162O17P2/c1-7-10-12-14-16-18-20-21-22-23-24-28-31-34-37-41-48-54-60-66-81(86)94-71-78(99-82(87)67-61-55-49-42-38-35-32-29-26-25-27-30-33-36-39-46-52-58-64-76(6)9-3)73-97-101(89,90)95-69-77(84)70-96-102(91,92)98-74-79(72-93-80(85)65-59-53-47-40-19-17-15-13-11-8-2)100-83(88)68-62-56-50-44-43-45-51-57-63-75(4)5/h75-79,84H,7-74H2,1-6H3,(H,89,90)(H,91,92)/t76?,77-,78-,79-/m1/s1. The lowest BCUT2D eigenvalue weighted by Gasteiger charge is -2.21. The molecular formula is C83H162O17P2. The van der Waals surface area contributed by atoms with Gasteiger partial charge in [-0.15, -0.1) is 0 Å². The Morgan fingerprint density at radius 2 is 0.500 bits per heavy atom. The number of hydrogen-bond acceptors (Lipinski definition) is 15. The minimum absolute atomic E-state index is 0.105. The predicted octanol–water partition coefficient (Wildman–Crippen LogP) is 25.1. The second-order valence-corrected chi connectivity index (χ2v) is 33.5. The van der Waals surface area contributed by atoms with Crippen molar-refractivity contribution in [2.24, 2.45) is 11.8 Å². The van der Waals surface area contributed by atoms with Crippen molar-refractivity contribution in [3.05, 3.63) is 0 Å². The number of aliphatic hydroxyl groups excluding tert-OH is 1. The zero-order valence-corrected chi connectivity index (χ0v) is 68.7. The molecule has 0 saturated heterocycles. The molecule has 0 aliphatic carbocycles. The SMILES string of the molecule is CCCCCCCCCCCCCCCCCCCCCC(=O)OC[C@H](COP(=O)(O)OC[C@@H](O)COP(=O)(O)OC[C@@H](COC(=O)CCCCCCCCCCCC)OC(=O)CCCCCCCCCCC(C)C)OC(=O)CCCCCCCCCCCCCCCCCCCCC(C)CC. The highest BCUT2D eigenvalue weighted by molar-refractivity contribution is 7.47. The molecule has 0 heterocycles. The molecule has 0 aromatic rings. The topological polar surface area (TPSA) is 237 Å². The highest BCUT2D eigenvalue weighted by Crippen LogP contribution is 2.45. The highest BCUT2D eigenvalue weighted by Gasteiger charge is 2.30. The molecule has 0 saturated carbocycles. The summed E-state index contributed by atoms with van der Waals surface area (Å²) < 4.78 is 68.7. The van der Waals surface area contributed by atoms with E-state index in [1.807, 2.05) is 0 Å². The molecule has 0 aliphatic heterocycles. The molecule has 102 heavy (non-hydrogen) atoms. The zero-order valence-electron chi connectivity index (χ0n) is 66.9. The summed E-state index contributed by atoms with van der Waals surface area (Å²) in [5.74, 6) is -0.520. The number of carbonyl (C=O) groups excluding carboxylic acids is 4. The molecule has 0 radical (unpaired) electrons. The number of phosphoric acid groups is 2. The van der Waals surface area contributed by atoms with E-state index in [1.165, 1.54) is 257 Å². The van der Waals surface area contributed by atoms with Gasteiger partial charge in [-0.1, -0.05) is 388 Å². The van der Waals surface area contributed by atoms with Crippen LogP contribution in [0.3, 0.4) is 0 Å². The molecule has 0 aromatic heterocycles. The first kappa shape index (κ1) is 100. The summed E-state index contributed by atoms with van der Waals surface area (Å²) in [7, 11) is -9.92. The van der Waals surface area contributed by atoms with E-state index in [0.717, 1.165) is 102 Å².